The molecule has 2 unspecified atom stereocenters. The Morgan fingerprint density at radius 2 is 2.17 bits per heavy atom. The Kier molecular flexibility index (Phi) is 4.63. The molecular formula is C17H21ClFNO3. The molecule has 1 N–H and O–H groups in total. The fourth-order valence-corrected chi connectivity index (χ4v) is 3.96. The molecule has 6 heteroatoms. The fraction of sp³-hybridized carbons (Fsp3) is 0.588. The summed E-state index contributed by atoms with van der Waals surface area (Å²) in [5.41, 5.74) is -0.247. The minimum absolute atomic E-state index is 0.00367. The third-order valence-corrected chi connectivity index (χ3v) is 5.57. The highest BCUT2D eigenvalue weighted by atomic mass is 35.5. The zero-order valence-corrected chi connectivity index (χ0v) is 13.9. The average Bonchev–Trinajstić information content (AvgIpc) is 2.57. The summed E-state index contributed by atoms with van der Waals surface area (Å²) in [6.45, 7) is 3.55. The smallest absolute Gasteiger partial charge is 0.256 e. The molecule has 1 heterocycles. The normalized spacial score (nSPS) is 26.2. The zero-order valence-electron chi connectivity index (χ0n) is 13.1. The molecule has 1 saturated heterocycles. The summed E-state index contributed by atoms with van der Waals surface area (Å²) < 4.78 is 19.7. The van der Waals surface area contributed by atoms with Crippen molar-refractivity contribution in [2.75, 3.05) is 19.7 Å². The van der Waals surface area contributed by atoms with Gasteiger partial charge in [0.1, 0.15) is 0 Å². The number of hydrogen-bond donors (Lipinski definition) is 1. The summed E-state index contributed by atoms with van der Waals surface area (Å²) in [6, 6.07) is 4.45. The van der Waals surface area contributed by atoms with Crippen molar-refractivity contribution in [3.05, 3.63) is 34.6 Å². The van der Waals surface area contributed by atoms with E-state index in [1.807, 2.05) is 6.92 Å². The molecule has 23 heavy (non-hydrogen) atoms. The predicted molar refractivity (Wildman–Crippen MR) is 85.0 cm³/mol. The van der Waals surface area contributed by atoms with Crippen molar-refractivity contribution in [2.24, 2.45) is 5.41 Å². The van der Waals surface area contributed by atoms with Gasteiger partial charge in [0.25, 0.3) is 5.91 Å². The summed E-state index contributed by atoms with van der Waals surface area (Å²) in [4.78, 5) is 14.1. The lowest BCUT2D eigenvalue weighted by atomic mass is 9.58. The minimum Gasteiger partial charge on any atom is -0.392 e. The summed E-state index contributed by atoms with van der Waals surface area (Å²) in [7, 11) is 0. The van der Waals surface area contributed by atoms with Crippen LogP contribution in [0, 0.1) is 11.2 Å². The Morgan fingerprint density at radius 3 is 2.78 bits per heavy atom. The van der Waals surface area contributed by atoms with Gasteiger partial charge in [-0.05, 0) is 31.9 Å². The second-order valence-corrected chi connectivity index (χ2v) is 6.73. The van der Waals surface area contributed by atoms with Crippen molar-refractivity contribution in [1.82, 2.24) is 4.90 Å². The second-order valence-electron chi connectivity index (χ2n) is 6.32. The molecule has 0 aromatic heterocycles. The van der Waals surface area contributed by atoms with Gasteiger partial charge in [0, 0.05) is 31.5 Å². The highest BCUT2D eigenvalue weighted by Crippen LogP contribution is 2.51. The number of amides is 1. The van der Waals surface area contributed by atoms with Crippen LogP contribution in [0.5, 0.6) is 0 Å². The van der Waals surface area contributed by atoms with Gasteiger partial charge in [-0.2, -0.15) is 0 Å². The van der Waals surface area contributed by atoms with Crippen molar-refractivity contribution in [3.8, 4) is 0 Å². The topological polar surface area (TPSA) is 49.8 Å². The van der Waals surface area contributed by atoms with E-state index in [0.29, 0.717) is 39.0 Å². The number of hydrogen-bond acceptors (Lipinski definition) is 3. The third kappa shape index (κ3) is 2.75. The Balaban J connectivity index is 1.69. The van der Waals surface area contributed by atoms with Gasteiger partial charge in [0.2, 0.25) is 0 Å². The van der Waals surface area contributed by atoms with E-state index in [-0.39, 0.29) is 34.1 Å². The highest BCUT2D eigenvalue weighted by Gasteiger charge is 2.56. The van der Waals surface area contributed by atoms with E-state index in [1.54, 1.807) is 11.0 Å². The number of rotatable bonds is 3. The van der Waals surface area contributed by atoms with E-state index in [2.05, 4.69) is 0 Å². The van der Waals surface area contributed by atoms with E-state index in [1.165, 1.54) is 12.1 Å². The molecule has 1 aliphatic heterocycles. The number of piperidine rings is 1. The third-order valence-electron chi connectivity index (χ3n) is 5.27. The standard InChI is InChI=1S/C17H21ClFNO3/c1-2-23-14-10-13(21)17(14)6-8-20(9-7-17)16(22)11-4-3-5-12(18)15(11)19/h3-5,13-14,21H,2,6-10H2,1H3. The van der Waals surface area contributed by atoms with Crippen LogP contribution in [-0.4, -0.2) is 47.8 Å². The number of likely N-dealkylation sites (tertiary alicyclic amines) is 1. The van der Waals surface area contributed by atoms with E-state index < -0.39 is 5.82 Å². The number of carbonyl (C=O) groups excluding carboxylic acids is 1. The number of aliphatic hydroxyl groups excluding tert-OH is 1. The van der Waals surface area contributed by atoms with Gasteiger partial charge in [-0.15, -0.1) is 0 Å². The maximum Gasteiger partial charge on any atom is 0.256 e. The number of ether oxygens (including phenoxy) is 1. The molecule has 2 fully saturated rings. The molecule has 126 valence electrons. The summed E-state index contributed by atoms with van der Waals surface area (Å²) in [5, 5.41) is 10.1. The van der Waals surface area contributed by atoms with Crippen molar-refractivity contribution in [1.29, 1.82) is 0 Å². The van der Waals surface area contributed by atoms with Crippen molar-refractivity contribution < 1.29 is 19.0 Å². The Morgan fingerprint density at radius 1 is 1.48 bits per heavy atom. The first-order valence-electron chi connectivity index (χ1n) is 8.02. The summed E-state index contributed by atoms with van der Waals surface area (Å²) >= 11 is 5.75. The maximum atomic E-state index is 14.0. The van der Waals surface area contributed by atoms with Crippen molar-refractivity contribution in [3.63, 3.8) is 0 Å². The van der Waals surface area contributed by atoms with Crippen LogP contribution >= 0.6 is 11.6 Å². The molecule has 0 radical (unpaired) electrons. The molecule has 1 aliphatic carbocycles. The minimum atomic E-state index is -0.671. The molecule has 1 spiro atoms. The Labute approximate surface area is 140 Å². The van der Waals surface area contributed by atoms with Crippen molar-refractivity contribution in [2.45, 2.75) is 38.4 Å². The van der Waals surface area contributed by atoms with Crippen LogP contribution in [0.2, 0.25) is 5.02 Å². The van der Waals surface area contributed by atoms with E-state index in [4.69, 9.17) is 16.3 Å². The van der Waals surface area contributed by atoms with Gasteiger partial charge in [0.05, 0.1) is 22.8 Å². The zero-order chi connectivity index (χ0) is 16.6. The number of aliphatic hydroxyl groups is 1. The molecule has 2 atom stereocenters. The van der Waals surface area contributed by atoms with Gasteiger partial charge in [-0.3, -0.25) is 4.79 Å². The monoisotopic (exact) mass is 341 g/mol. The average molecular weight is 342 g/mol. The molecule has 4 nitrogen and oxygen atoms in total. The lowest BCUT2D eigenvalue weighted by Crippen LogP contribution is -2.62. The SMILES string of the molecule is CCOC1CC(O)C12CCN(C(=O)c1cccc(Cl)c1F)CC2. The Bertz CT molecular complexity index is 600. The number of carbonyl (C=O) groups is 1. The Hall–Kier alpha value is -1.17. The lowest BCUT2D eigenvalue weighted by Gasteiger charge is -2.56. The van der Waals surface area contributed by atoms with Gasteiger partial charge in [-0.1, -0.05) is 17.7 Å². The number of halogens is 2. The van der Waals surface area contributed by atoms with Gasteiger partial charge < -0.3 is 14.7 Å². The largest absolute Gasteiger partial charge is 0.392 e. The fourth-order valence-electron chi connectivity index (χ4n) is 3.78. The molecule has 3 rings (SSSR count). The first-order valence-corrected chi connectivity index (χ1v) is 8.40. The predicted octanol–water partition coefficient (Wildman–Crippen LogP) is 2.87. The molecular weight excluding hydrogens is 321 g/mol. The van der Waals surface area contributed by atoms with Crippen LogP contribution in [-0.2, 0) is 4.74 Å². The van der Waals surface area contributed by atoms with Crippen LogP contribution in [0.25, 0.3) is 0 Å². The van der Waals surface area contributed by atoms with Crippen LogP contribution in [0.15, 0.2) is 18.2 Å². The maximum absolute atomic E-state index is 14.0. The van der Waals surface area contributed by atoms with Crippen LogP contribution in [0.4, 0.5) is 4.39 Å². The molecule has 2 aliphatic rings. The molecule has 1 amide bonds. The molecule has 0 bridgehead atoms. The highest BCUT2D eigenvalue weighted by molar-refractivity contribution is 6.31. The van der Waals surface area contributed by atoms with Crippen LogP contribution in [0.3, 0.4) is 0 Å². The molecule has 1 aromatic rings. The van der Waals surface area contributed by atoms with E-state index in [9.17, 15) is 14.3 Å². The van der Waals surface area contributed by atoms with Crippen LogP contribution < -0.4 is 0 Å². The number of benzene rings is 1. The van der Waals surface area contributed by atoms with Gasteiger partial charge in [-0.25, -0.2) is 4.39 Å². The van der Waals surface area contributed by atoms with E-state index >= 15 is 0 Å². The van der Waals surface area contributed by atoms with Gasteiger partial charge in [0.15, 0.2) is 5.82 Å². The molecule has 1 saturated carbocycles. The lowest BCUT2D eigenvalue weighted by molar-refractivity contribution is -0.207. The first-order chi connectivity index (χ1) is 11.0. The quantitative estimate of drug-likeness (QED) is 0.919. The van der Waals surface area contributed by atoms with E-state index in [0.717, 1.165) is 0 Å². The summed E-state index contributed by atoms with van der Waals surface area (Å²) in [5.74, 6) is -1.02. The van der Waals surface area contributed by atoms with Crippen molar-refractivity contribution >= 4 is 17.5 Å². The summed E-state index contributed by atoms with van der Waals surface area (Å²) in [6.07, 6.45) is 1.69. The number of nitrogens with zero attached hydrogens (tertiary/aromatic N) is 1. The van der Waals surface area contributed by atoms with Gasteiger partial charge >= 0.3 is 0 Å². The second kappa shape index (κ2) is 6.38. The van der Waals surface area contributed by atoms with Crippen LogP contribution in [0.1, 0.15) is 36.5 Å². The molecule has 1 aromatic carbocycles. The first kappa shape index (κ1) is 16.7.